The molecule has 33 heavy (non-hydrogen) atoms. The Morgan fingerprint density at radius 3 is 1.33 bits per heavy atom. The number of hydrogen-bond donors (Lipinski definition) is 0. The van der Waals surface area contributed by atoms with E-state index in [4.69, 9.17) is 18.9 Å². The Kier molecular flexibility index (Phi) is 10.7. The third-order valence-corrected chi connectivity index (χ3v) is 6.35. The van der Waals surface area contributed by atoms with Crippen LogP contribution in [-0.4, -0.2) is 24.5 Å². The molecule has 0 aliphatic heterocycles. The molecule has 0 heterocycles. The molecule has 0 saturated heterocycles. The minimum Gasteiger partial charge on any atom is -0.453 e. The fourth-order valence-electron chi connectivity index (χ4n) is 2.69. The Balaban J connectivity index is 2.17. The summed E-state index contributed by atoms with van der Waals surface area (Å²) < 4.78 is 24.4. The van der Waals surface area contributed by atoms with Crippen molar-refractivity contribution in [1.82, 2.24) is 0 Å². The van der Waals surface area contributed by atoms with E-state index < -0.39 is 24.5 Å². The lowest BCUT2D eigenvalue weighted by atomic mass is 10.0. The average molecular weight is 712 g/mol. The summed E-state index contributed by atoms with van der Waals surface area (Å²) in [7, 11) is 0. The Bertz CT molecular complexity index is 939. The van der Waals surface area contributed by atoms with E-state index in [-0.39, 0.29) is 0 Å². The predicted octanol–water partition coefficient (Wildman–Crippen LogP) is 7.24. The average Bonchev–Trinajstić information content (AvgIpc) is 2.73. The molecule has 0 saturated carbocycles. The van der Waals surface area contributed by atoms with Crippen molar-refractivity contribution in [3.63, 3.8) is 0 Å². The maximum Gasteiger partial charge on any atom is 0.333 e. The predicted molar refractivity (Wildman–Crippen MR) is 139 cm³/mol. The number of carbonyl (C=O) groups is 2. The van der Waals surface area contributed by atoms with Crippen molar-refractivity contribution in [3.8, 4) is 11.5 Å². The van der Waals surface area contributed by atoms with Crippen LogP contribution in [0.25, 0.3) is 0 Å². The van der Waals surface area contributed by atoms with Gasteiger partial charge >= 0.3 is 11.9 Å². The van der Waals surface area contributed by atoms with Crippen LogP contribution in [0, 0.1) is 0 Å². The van der Waals surface area contributed by atoms with Crippen LogP contribution in [0.15, 0.2) is 67.5 Å². The molecule has 2 aromatic rings. The summed E-state index contributed by atoms with van der Waals surface area (Å²) in [5.41, 5.74) is 2.00. The highest BCUT2D eigenvalue weighted by atomic mass is 79.9. The van der Waals surface area contributed by atoms with Gasteiger partial charge in [-0.2, -0.15) is 0 Å². The first-order valence-corrected chi connectivity index (χ1v) is 12.7. The van der Waals surface area contributed by atoms with E-state index >= 15 is 0 Å². The Morgan fingerprint density at radius 2 is 1.06 bits per heavy atom. The number of halogens is 4. The Hall–Kier alpha value is -1.62. The first-order chi connectivity index (χ1) is 15.5. The standard InChI is InChI=1S/C23H20Br4O6/c1-5-20(28)30-12(3)32-22-16(24)8-14(9-17(22)25)7-15-10-18(26)23(19(27)11-15)33-13(4)31-21(29)6-2/h5-6,8-13H,1-2,7H2,3-4H3. The summed E-state index contributed by atoms with van der Waals surface area (Å²) in [6.45, 7) is 9.97. The van der Waals surface area contributed by atoms with Crippen molar-refractivity contribution < 1.29 is 28.5 Å². The largest absolute Gasteiger partial charge is 0.453 e. The molecule has 2 atom stereocenters. The van der Waals surface area contributed by atoms with Crippen LogP contribution in [0.2, 0.25) is 0 Å². The second-order valence-electron chi connectivity index (χ2n) is 6.61. The zero-order valence-corrected chi connectivity index (χ0v) is 24.0. The highest BCUT2D eigenvalue weighted by Crippen LogP contribution is 2.38. The molecule has 0 spiro atoms. The molecule has 0 amide bonds. The minimum atomic E-state index is -0.790. The maximum absolute atomic E-state index is 11.4. The molecule has 6 nitrogen and oxygen atoms in total. The van der Waals surface area contributed by atoms with E-state index in [1.54, 1.807) is 13.8 Å². The molecule has 2 unspecified atom stereocenters. The van der Waals surface area contributed by atoms with Gasteiger partial charge in [-0.3, -0.25) is 0 Å². The van der Waals surface area contributed by atoms with E-state index in [9.17, 15) is 9.59 Å². The smallest absolute Gasteiger partial charge is 0.333 e. The van der Waals surface area contributed by atoms with E-state index in [2.05, 4.69) is 76.9 Å². The van der Waals surface area contributed by atoms with Crippen LogP contribution >= 0.6 is 63.7 Å². The van der Waals surface area contributed by atoms with Crippen molar-refractivity contribution in [1.29, 1.82) is 0 Å². The third-order valence-electron chi connectivity index (χ3n) is 3.99. The fraction of sp³-hybridized carbons (Fsp3) is 0.217. The van der Waals surface area contributed by atoms with E-state index in [1.807, 2.05) is 24.3 Å². The van der Waals surface area contributed by atoms with Crippen molar-refractivity contribution in [2.75, 3.05) is 0 Å². The van der Waals surface area contributed by atoms with E-state index in [0.717, 1.165) is 23.3 Å². The number of carbonyl (C=O) groups excluding carboxylic acids is 2. The quantitative estimate of drug-likeness (QED) is 0.147. The first-order valence-electron chi connectivity index (χ1n) is 9.49. The highest BCUT2D eigenvalue weighted by molar-refractivity contribution is 9.11. The summed E-state index contributed by atoms with van der Waals surface area (Å²) >= 11 is 14.1. The normalized spacial score (nSPS) is 12.3. The van der Waals surface area contributed by atoms with Crippen LogP contribution < -0.4 is 9.47 Å². The molecule has 0 aromatic heterocycles. The molecule has 10 heteroatoms. The number of hydrogen-bond acceptors (Lipinski definition) is 6. The Labute approximate surface area is 225 Å². The van der Waals surface area contributed by atoms with Crippen molar-refractivity contribution in [2.45, 2.75) is 32.8 Å². The Morgan fingerprint density at radius 1 is 0.758 bits per heavy atom. The molecule has 0 aliphatic rings. The lowest BCUT2D eigenvalue weighted by molar-refractivity contribution is -0.156. The van der Waals surface area contributed by atoms with Gasteiger partial charge in [0.05, 0.1) is 17.9 Å². The summed E-state index contributed by atoms with van der Waals surface area (Å²) in [4.78, 5) is 22.7. The summed E-state index contributed by atoms with van der Waals surface area (Å²) in [5.74, 6) is -0.110. The van der Waals surface area contributed by atoms with E-state index in [0.29, 0.717) is 35.8 Å². The summed E-state index contributed by atoms with van der Waals surface area (Å²) in [6.07, 6.45) is 1.18. The number of esters is 2. The highest BCUT2D eigenvalue weighted by Gasteiger charge is 2.17. The second kappa shape index (κ2) is 12.7. The van der Waals surface area contributed by atoms with Gasteiger partial charge in [-0.05, 0) is 106 Å². The number of benzene rings is 2. The zero-order chi connectivity index (χ0) is 24.7. The van der Waals surface area contributed by atoms with Gasteiger partial charge in [-0.1, -0.05) is 13.2 Å². The lowest BCUT2D eigenvalue weighted by Gasteiger charge is -2.18. The van der Waals surface area contributed by atoms with Gasteiger partial charge in [0.25, 0.3) is 0 Å². The van der Waals surface area contributed by atoms with Crippen LogP contribution in [0.4, 0.5) is 0 Å². The van der Waals surface area contributed by atoms with Gasteiger partial charge in [0.2, 0.25) is 12.6 Å². The van der Waals surface area contributed by atoms with Crippen molar-refractivity contribution >= 4 is 75.7 Å². The number of ether oxygens (including phenoxy) is 4. The maximum atomic E-state index is 11.4. The van der Waals surface area contributed by atoms with Crippen molar-refractivity contribution in [3.05, 3.63) is 78.6 Å². The molecular formula is C23H20Br4O6. The van der Waals surface area contributed by atoms with Crippen LogP contribution in [-0.2, 0) is 25.5 Å². The summed E-state index contributed by atoms with van der Waals surface area (Å²) in [5, 5.41) is 0. The molecule has 0 N–H and O–H groups in total. The molecule has 0 radical (unpaired) electrons. The van der Waals surface area contributed by atoms with Gasteiger partial charge in [-0.25, -0.2) is 9.59 Å². The topological polar surface area (TPSA) is 71.1 Å². The van der Waals surface area contributed by atoms with Gasteiger partial charge in [0, 0.05) is 26.0 Å². The van der Waals surface area contributed by atoms with Crippen LogP contribution in [0.1, 0.15) is 25.0 Å². The minimum absolute atomic E-state index is 0.511. The zero-order valence-electron chi connectivity index (χ0n) is 17.7. The molecule has 0 aliphatic carbocycles. The lowest BCUT2D eigenvalue weighted by Crippen LogP contribution is -2.20. The van der Waals surface area contributed by atoms with Gasteiger partial charge in [0.15, 0.2) is 11.5 Å². The third kappa shape index (κ3) is 8.27. The SMILES string of the molecule is C=CC(=O)OC(C)Oc1c(Br)cc(Cc2cc(Br)c(OC(C)OC(=O)C=C)c(Br)c2)cc1Br. The number of rotatable bonds is 10. The fourth-order valence-corrected chi connectivity index (χ4v) is 5.63. The van der Waals surface area contributed by atoms with Crippen LogP contribution in [0.5, 0.6) is 11.5 Å². The molecule has 0 fully saturated rings. The van der Waals surface area contributed by atoms with E-state index in [1.165, 1.54) is 0 Å². The van der Waals surface area contributed by atoms with Crippen LogP contribution in [0.3, 0.4) is 0 Å². The summed E-state index contributed by atoms with van der Waals surface area (Å²) in [6, 6.07) is 7.69. The van der Waals surface area contributed by atoms with Crippen molar-refractivity contribution in [2.24, 2.45) is 0 Å². The second-order valence-corrected chi connectivity index (χ2v) is 10.0. The first kappa shape index (κ1) is 27.6. The van der Waals surface area contributed by atoms with Gasteiger partial charge in [-0.15, -0.1) is 0 Å². The molecule has 2 aromatic carbocycles. The van der Waals surface area contributed by atoms with Gasteiger partial charge in [0.1, 0.15) is 0 Å². The van der Waals surface area contributed by atoms with Gasteiger partial charge < -0.3 is 18.9 Å². The molecular weight excluding hydrogens is 692 g/mol. The molecule has 0 bridgehead atoms. The monoisotopic (exact) mass is 708 g/mol. The molecule has 176 valence electrons. The molecule has 2 rings (SSSR count).